The van der Waals surface area contributed by atoms with Crippen LogP contribution in [0.4, 0.5) is 0 Å². The van der Waals surface area contributed by atoms with Crippen molar-refractivity contribution in [3.63, 3.8) is 0 Å². The molecule has 0 fully saturated rings. The third-order valence-electron chi connectivity index (χ3n) is 6.56. The van der Waals surface area contributed by atoms with E-state index < -0.39 is 8.07 Å². The van der Waals surface area contributed by atoms with Crippen LogP contribution < -0.4 is 0 Å². The maximum Gasteiger partial charge on any atom is 0.140 e. The number of benzene rings is 1. The van der Waals surface area contributed by atoms with Gasteiger partial charge in [-0.25, -0.2) is 9.67 Å². The Morgan fingerprint density at radius 1 is 1.18 bits per heavy atom. The van der Waals surface area contributed by atoms with Crippen LogP contribution in [0.15, 0.2) is 43.2 Å². The molecule has 0 amide bonds. The Kier molecular flexibility index (Phi) is 6.00. The Bertz CT molecular complexity index is 1360. The summed E-state index contributed by atoms with van der Waals surface area (Å²) < 4.78 is 9.80. The molecule has 0 radical (unpaired) electrons. The van der Waals surface area contributed by atoms with Crippen LogP contribution >= 0.6 is 0 Å². The molecular weight excluding hydrogens is 438 g/mol. The molecule has 3 heterocycles. The standard InChI is InChI=1S/C27H33N5OSi/c1-6-19-15-24-27(29-25(19)23-12-8-10-20-9-7-11-22(20)23)26(21-16-28-31(2)17-21)30-32(24)18-33-13-14-34(3,4)5/h6,8,10,12,15-17H,1,7,9,11,13-14,18H2,2-5H3. The second kappa shape index (κ2) is 8.96. The topological polar surface area (TPSA) is 57.8 Å². The molecule has 176 valence electrons. The zero-order valence-corrected chi connectivity index (χ0v) is 21.6. The smallest absolute Gasteiger partial charge is 0.140 e. The lowest BCUT2D eigenvalue weighted by Crippen LogP contribution is -2.22. The summed E-state index contributed by atoms with van der Waals surface area (Å²) in [6.07, 6.45) is 9.18. The van der Waals surface area contributed by atoms with Crippen molar-refractivity contribution in [2.24, 2.45) is 7.05 Å². The highest BCUT2D eigenvalue weighted by Crippen LogP contribution is 2.36. The van der Waals surface area contributed by atoms with Crippen molar-refractivity contribution >= 4 is 25.2 Å². The first-order valence-electron chi connectivity index (χ1n) is 12.1. The van der Waals surface area contributed by atoms with Gasteiger partial charge in [-0.2, -0.15) is 10.2 Å². The molecule has 0 saturated heterocycles. The van der Waals surface area contributed by atoms with E-state index >= 15 is 0 Å². The van der Waals surface area contributed by atoms with Gasteiger partial charge in [0, 0.05) is 44.6 Å². The normalized spacial score (nSPS) is 13.5. The summed E-state index contributed by atoms with van der Waals surface area (Å²) in [4.78, 5) is 5.23. The summed E-state index contributed by atoms with van der Waals surface area (Å²) in [5.74, 6) is 0. The van der Waals surface area contributed by atoms with E-state index in [2.05, 4.69) is 55.6 Å². The Hall–Kier alpha value is -3.03. The summed E-state index contributed by atoms with van der Waals surface area (Å²) in [6.45, 7) is 12.3. The molecule has 0 aliphatic heterocycles. The van der Waals surface area contributed by atoms with Gasteiger partial charge in [-0.15, -0.1) is 0 Å². The number of aromatic nitrogens is 5. The van der Waals surface area contributed by atoms with Crippen LogP contribution in [0, 0.1) is 0 Å². The first-order valence-corrected chi connectivity index (χ1v) is 15.8. The van der Waals surface area contributed by atoms with E-state index in [1.165, 1.54) is 23.1 Å². The maximum absolute atomic E-state index is 6.07. The average Bonchev–Trinajstić information content (AvgIpc) is 3.53. The first-order chi connectivity index (χ1) is 16.3. The third-order valence-corrected chi connectivity index (χ3v) is 8.27. The molecule has 6 nitrogen and oxygen atoms in total. The lowest BCUT2D eigenvalue weighted by molar-refractivity contribution is 0.0818. The number of hydrogen-bond acceptors (Lipinski definition) is 4. The van der Waals surface area contributed by atoms with Gasteiger partial charge in [0.1, 0.15) is 17.9 Å². The van der Waals surface area contributed by atoms with Crippen LogP contribution in [0.3, 0.4) is 0 Å². The zero-order valence-electron chi connectivity index (χ0n) is 20.6. The molecule has 1 aromatic carbocycles. The molecule has 34 heavy (non-hydrogen) atoms. The van der Waals surface area contributed by atoms with E-state index in [1.54, 1.807) is 4.68 Å². The fraction of sp³-hybridized carbons (Fsp3) is 0.370. The van der Waals surface area contributed by atoms with Gasteiger partial charge >= 0.3 is 0 Å². The van der Waals surface area contributed by atoms with E-state index in [9.17, 15) is 0 Å². The van der Waals surface area contributed by atoms with Gasteiger partial charge in [0.25, 0.3) is 0 Å². The van der Waals surface area contributed by atoms with Crippen LogP contribution in [0.5, 0.6) is 0 Å². The zero-order chi connectivity index (χ0) is 23.9. The van der Waals surface area contributed by atoms with Crippen molar-refractivity contribution in [3.8, 4) is 22.5 Å². The molecule has 7 heteroatoms. The second-order valence-electron chi connectivity index (χ2n) is 10.4. The van der Waals surface area contributed by atoms with Gasteiger partial charge in [-0.1, -0.05) is 50.5 Å². The Morgan fingerprint density at radius 3 is 2.76 bits per heavy atom. The average molecular weight is 472 g/mol. The quantitative estimate of drug-likeness (QED) is 0.236. The largest absolute Gasteiger partial charge is 0.360 e. The molecule has 0 N–H and O–H groups in total. The summed E-state index contributed by atoms with van der Waals surface area (Å²) >= 11 is 0. The first kappa shape index (κ1) is 22.7. The minimum Gasteiger partial charge on any atom is -0.360 e. The number of aryl methyl sites for hydroxylation is 2. The number of fused-ring (bicyclic) bond motifs is 2. The maximum atomic E-state index is 6.07. The molecule has 0 atom stereocenters. The van der Waals surface area contributed by atoms with E-state index in [0.29, 0.717) is 6.73 Å². The fourth-order valence-corrected chi connectivity index (χ4v) is 5.45. The molecule has 4 aromatic rings. The van der Waals surface area contributed by atoms with Crippen molar-refractivity contribution < 1.29 is 4.74 Å². The lowest BCUT2D eigenvalue weighted by Gasteiger charge is -2.15. The van der Waals surface area contributed by atoms with Gasteiger partial charge in [0.05, 0.1) is 17.4 Å². The van der Waals surface area contributed by atoms with E-state index in [-0.39, 0.29) is 0 Å². The Morgan fingerprint density at radius 2 is 2.03 bits per heavy atom. The molecule has 0 spiro atoms. The third kappa shape index (κ3) is 4.37. The van der Waals surface area contributed by atoms with E-state index in [4.69, 9.17) is 14.8 Å². The minimum absolute atomic E-state index is 0.402. The molecule has 1 aliphatic carbocycles. The second-order valence-corrected chi connectivity index (χ2v) is 16.0. The Labute approximate surface area is 202 Å². The van der Waals surface area contributed by atoms with Gasteiger partial charge < -0.3 is 4.74 Å². The van der Waals surface area contributed by atoms with Crippen molar-refractivity contribution in [2.75, 3.05) is 6.61 Å². The number of nitrogens with zero attached hydrogens (tertiary/aromatic N) is 5. The summed E-state index contributed by atoms with van der Waals surface area (Å²) in [7, 11) is 0.767. The molecule has 0 saturated carbocycles. The van der Waals surface area contributed by atoms with Gasteiger partial charge in [-0.05, 0) is 42.5 Å². The number of pyridine rings is 1. The van der Waals surface area contributed by atoms with Gasteiger partial charge in [0.15, 0.2) is 0 Å². The van der Waals surface area contributed by atoms with Crippen molar-refractivity contribution in [3.05, 3.63) is 59.9 Å². The van der Waals surface area contributed by atoms with Crippen molar-refractivity contribution in [1.82, 2.24) is 24.5 Å². The Balaban J connectivity index is 1.62. The van der Waals surface area contributed by atoms with Crippen LogP contribution in [-0.4, -0.2) is 39.2 Å². The summed E-state index contributed by atoms with van der Waals surface area (Å²) in [6, 6.07) is 9.87. The fourth-order valence-electron chi connectivity index (χ4n) is 4.69. The highest BCUT2D eigenvalue weighted by molar-refractivity contribution is 6.76. The number of hydrogen-bond donors (Lipinski definition) is 0. The summed E-state index contributed by atoms with van der Waals surface area (Å²) in [5.41, 5.74) is 9.69. The summed E-state index contributed by atoms with van der Waals surface area (Å²) in [5, 5.41) is 9.31. The highest BCUT2D eigenvalue weighted by atomic mass is 28.3. The van der Waals surface area contributed by atoms with E-state index in [1.807, 2.05) is 30.2 Å². The predicted octanol–water partition coefficient (Wildman–Crippen LogP) is 5.94. The van der Waals surface area contributed by atoms with Gasteiger partial charge in [-0.3, -0.25) is 4.68 Å². The molecule has 3 aromatic heterocycles. The van der Waals surface area contributed by atoms with Gasteiger partial charge in [0.2, 0.25) is 0 Å². The predicted molar refractivity (Wildman–Crippen MR) is 141 cm³/mol. The molecule has 0 bridgehead atoms. The number of ether oxygens (including phenoxy) is 1. The monoisotopic (exact) mass is 471 g/mol. The molecular formula is C27H33N5OSi. The highest BCUT2D eigenvalue weighted by Gasteiger charge is 2.22. The van der Waals surface area contributed by atoms with Crippen LogP contribution in [-0.2, 0) is 31.4 Å². The number of rotatable bonds is 8. The van der Waals surface area contributed by atoms with Crippen molar-refractivity contribution in [1.29, 1.82) is 0 Å². The molecule has 1 aliphatic rings. The lowest BCUT2D eigenvalue weighted by atomic mass is 9.97. The van der Waals surface area contributed by atoms with Crippen molar-refractivity contribution in [2.45, 2.75) is 51.7 Å². The van der Waals surface area contributed by atoms with E-state index in [0.717, 1.165) is 59.0 Å². The molecule has 0 unspecified atom stereocenters. The van der Waals surface area contributed by atoms with Crippen LogP contribution in [0.1, 0.15) is 23.1 Å². The minimum atomic E-state index is -1.15. The van der Waals surface area contributed by atoms with Crippen LogP contribution in [0.25, 0.3) is 39.6 Å². The van der Waals surface area contributed by atoms with Crippen LogP contribution in [0.2, 0.25) is 25.7 Å². The molecule has 5 rings (SSSR count). The SMILES string of the molecule is C=Cc1cc2c(nc1-c1cccc3c1CCC3)c(-c1cnn(C)c1)nn2COCC[Si](C)(C)C.